The van der Waals surface area contributed by atoms with E-state index in [-0.39, 0.29) is 5.92 Å². The van der Waals surface area contributed by atoms with Crippen molar-refractivity contribution in [1.29, 1.82) is 0 Å². The van der Waals surface area contributed by atoms with Crippen molar-refractivity contribution in [2.45, 2.75) is 6.92 Å². The monoisotopic (exact) mass is 108 g/mol. The number of nitrogens with zero attached hydrogens (tertiary/aromatic N) is 2. The molecule has 0 saturated heterocycles. The molecule has 2 nitrogen and oxygen atoms in total. The van der Waals surface area contributed by atoms with Gasteiger partial charge in [-0.05, 0) is 6.92 Å². The first-order valence-corrected chi connectivity index (χ1v) is 2.47. The highest BCUT2D eigenvalue weighted by molar-refractivity contribution is 4.73. The van der Waals surface area contributed by atoms with E-state index in [4.69, 9.17) is 13.1 Å². The highest BCUT2D eigenvalue weighted by Crippen LogP contribution is 1.94. The standard InChI is InChI=1S/C6H8N2/c1-6(4-7-2)5-8-3/h6H,4-5H2,1H3. The van der Waals surface area contributed by atoms with E-state index in [1.165, 1.54) is 0 Å². The van der Waals surface area contributed by atoms with Gasteiger partial charge in [-0.1, -0.05) is 0 Å². The van der Waals surface area contributed by atoms with Crippen LogP contribution in [0.1, 0.15) is 6.92 Å². The van der Waals surface area contributed by atoms with Crippen LogP contribution in [0.4, 0.5) is 0 Å². The second kappa shape index (κ2) is 4.15. The maximum absolute atomic E-state index is 6.43. The van der Waals surface area contributed by atoms with Gasteiger partial charge in [-0.15, -0.1) is 0 Å². The Labute approximate surface area is 49.8 Å². The molecule has 0 aromatic heterocycles. The van der Waals surface area contributed by atoms with Crippen molar-refractivity contribution in [2.24, 2.45) is 5.92 Å². The van der Waals surface area contributed by atoms with E-state index in [0.29, 0.717) is 13.1 Å². The molecule has 0 fully saturated rings. The average molecular weight is 108 g/mol. The minimum absolute atomic E-state index is 0.255. The molecule has 0 heterocycles. The molecule has 0 bridgehead atoms. The van der Waals surface area contributed by atoms with Crippen molar-refractivity contribution in [3.8, 4) is 0 Å². The summed E-state index contributed by atoms with van der Waals surface area (Å²) in [6, 6.07) is 0. The lowest BCUT2D eigenvalue weighted by atomic mass is 10.2. The molecule has 42 valence electrons. The Morgan fingerprint density at radius 2 is 1.62 bits per heavy atom. The molecule has 0 aromatic carbocycles. The smallest absolute Gasteiger partial charge is 0.224 e. The van der Waals surface area contributed by atoms with Gasteiger partial charge in [0.2, 0.25) is 13.1 Å². The summed E-state index contributed by atoms with van der Waals surface area (Å²) in [6.45, 7) is 15.8. The summed E-state index contributed by atoms with van der Waals surface area (Å²) in [4.78, 5) is 6.32. The molecular formula is C6H8N2. The van der Waals surface area contributed by atoms with Crippen molar-refractivity contribution in [3.63, 3.8) is 0 Å². The third-order valence-electron chi connectivity index (χ3n) is 0.806. The molecule has 0 amide bonds. The van der Waals surface area contributed by atoms with Crippen LogP contribution in [-0.4, -0.2) is 13.1 Å². The van der Waals surface area contributed by atoms with Crippen LogP contribution in [0.15, 0.2) is 0 Å². The lowest BCUT2D eigenvalue weighted by Gasteiger charge is -1.89. The van der Waals surface area contributed by atoms with Crippen molar-refractivity contribution in [1.82, 2.24) is 0 Å². The molecule has 0 saturated carbocycles. The van der Waals surface area contributed by atoms with E-state index in [0.717, 1.165) is 0 Å². The average Bonchev–Trinajstić information content (AvgIpc) is 1.68. The van der Waals surface area contributed by atoms with E-state index < -0.39 is 0 Å². The normalized spacial score (nSPS) is 8.00. The van der Waals surface area contributed by atoms with Gasteiger partial charge in [-0.3, -0.25) is 0 Å². The topological polar surface area (TPSA) is 8.72 Å². The van der Waals surface area contributed by atoms with Gasteiger partial charge in [0.25, 0.3) is 0 Å². The Bertz CT molecular complexity index is 110. The molecule has 0 spiro atoms. The molecule has 0 rings (SSSR count). The third-order valence-corrected chi connectivity index (χ3v) is 0.806. The van der Waals surface area contributed by atoms with Crippen LogP contribution in [-0.2, 0) is 0 Å². The highest BCUT2D eigenvalue weighted by atomic mass is 14.7. The summed E-state index contributed by atoms with van der Waals surface area (Å²) in [7, 11) is 0. The lowest BCUT2D eigenvalue weighted by molar-refractivity contribution is 0.688. The zero-order chi connectivity index (χ0) is 6.41. The Hall–Kier alpha value is -1.02. The van der Waals surface area contributed by atoms with E-state index in [1.54, 1.807) is 0 Å². The minimum atomic E-state index is 0.255. The first-order valence-electron chi connectivity index (χ1n) is 2.47. The van der Waals surface area contributed by atoms with E-state index >= 15 is 0 Å². The molecule has 0 N–H and O–H groups in total. The molecule has 8 heavy (non-hydrogen) atoms. The van der Waals surface area contributed by atoms with E-state index in [9.17, 15) is 0 Å². The lowest BCUT2D eigenvalue weighted by Crippen LogP contribution is -1.99. The van der Waals surface area contributed by atoms with Gasteiger partial charge in [0.05, 0.1) is 0 Å². The van der Waals surface area contributed by atoms with Crippen LogP contribution in [0.5, 0.6) is 0 Å². The Balaban J connectivity index is 3.25. The number of hydrogen-bond acceptors (Lipinski definition) is 0. The summed E-state index contributed by atoms with van der Waals surface area (Å²) in [6.07, 6.45) is 0. The van der Waals surface area contributed by atoms with Crippen LogP contribution < -0.4 is 0 Å². The van der Waals surface area contributed by atoms with Gasteiger partial charge < -0.3 is 9.69 Å². The highest BCUT2D eigenvalue weighted by Gasteiger charge is 2.05. The second-order valence-corrected chi connectivity index (χ2v) is 1.79. The first kappa shape index (κ1) is 6.98. The van der Waals surface area contributed by atoms with Gasteiger partial charge in [-0.2, -0.15) is 0 Å². The van der Waals surface area contributed by atoms with E-state index in [1.807, 2.05) is 6.92 Å². The first-order chi connectivity index (χ1) is 3.81. The summed E-state index contributed by atoms with van der Waals surface area (Å²) < 4.78 is 0. The van der Waals surface area contributed by atoms with Crippen LogP contribution in [0, 0.1) is 19.1 Å². The quantitative estimate of drug-likeness (QED) is 0.473. The summed E-state index contributed by atoms with van der Waals surface area (Å²) in [5.41, 5.74) is 0. The fraction of sp³-hybridized carbons (Fsp3) is 0.667. The predicted molar refractivity (Wildman–Crippen MR) is 32.1 cm³/mol. The summed E-state index contributed by atoms with van der Waals surface area (Å²) in [5, 5.41) is 0. The fourth-order valence-corrected chi connectivity index (χ4v) is 0.369. The Morgan fingerprint density at radius 3 is 1.88 bits per heavy atom. The molecule has 0 radical (unpaired) electrons. The van der Waals surface area contributed by atoms with Gasteiger partial charge in [0, 0.05) is 0 Å². The van der Waals surface area contributed by atoms with Crippen LogP contribution in [0.2, 0.25) is 0 Å². The van der Waals surface area contributed by atoms with Gasteiger partial charge >= 0.3 is 0 Å². The van der Waals surface area contributed by atoms with Gasteiger partial charge in [0.15, 0.2) is 0 Å². The Kier molecular flexibility index (Phi) is 3.62. The molecule has 2 heteroatoms. The molecule has 0 aromatic rings. The maximum Gasteiger partial charge on any atom is 0.224 e. The van der Waals surface area contributed by atoms with Crippen molar-refractivity contribution in [3.05, 3.63) is 22.8 Å². The van der Waals surface area contributed by atoms with Crippen LogP contribution in [0.25, 0.3) is 9.69 Å². The summed E-state index contributed by atoms with van der Waals surface area (Å²) >= 11 is 0. The largest absolute Gasteiger partial charge is 0.316 e. The summed E-state index contributed by atoms with van der Waals surface area (Å²) in [5.74, 6) is 0.255. The molecule has 0 aliphatic carbocycles. The molecule has 0 unspecified atom stereocenters. The number of rotatable bonds is 2. The van der Waals surface area contributed by atoms with Crippen molar-refractivity contribution >= 4 is 0 Å². The fourth-order valence-electron chi connectivity index (χ4n) is 0.369. The van der Waals surface area contributed by atoms with Crippen LogP contribution in [0.3, 0.4) is 0 Å². The zero-order valence-electron chi connectivity index (χ0n) is 4.89. The van der Waals surface area contributed by atoms with Crippen molar-refractivity contribution < 1.29 is 0 Å². The maximum atomic E-state index is 6.43. The van der Waals surface area contributed by atoms with E-state index in [2.05, 4.69) is 9.69 Å². The second-order valence-electron chi connectivity index (χ2n) is 1.79. The zero-order valence-corrected chi connectivity index (χ0v) is 4.89. The van der Waals surface area contributed by atoms with Gasteiger partial charge in [0.1, 0.15) is 5.92 Å². The third kappa shape index (κ3) is 3.18. The SMILES string of the molecule is [C-]#[N+]CC(C)C[N+]#[C-]. The minimum Gasteiger partial charge on any atom is -0.316 e. The molecule has 0 aliphatic rings. The Morgan fingerprint density at radius 1 is 1.25 bits per heavy atom. The van der Waals surface area contributed by atoms with Gasteiger partial charge in [-0.25, -0.2) is 13.1 Å². The molecule has 0 atom stereocenters. The van der Waals surface area contributed by atoms with Crippen molar-refractivity contribution in [2.75, 3.05) is 13.1 Å². The molecule has 0 aliphatic heterocycles. The predicted octanol–water partition coefficient (Wildman–Crippen LogP) is 1.46. The van der Waals surface area contributed by atoms with Crippen LogP contribution >= 0.6 is 0 Å². The number of hydrogen-bond donors (Lipinski definition) is 0. The molecular weight excluding hydrogens is 100 g/mol.